The summed E-state index contributed by atoms with van der Waals surface area (Å²) in [4.78, 5) is 21.9. The fraction of sp³-hybridized carbons (Fsp3) is 0.462. The number of halogens is 1. The highest BCUT2D eigenvalue weighted by molar-refractivity contribution is 5.95. The SMILES string of the molecule is CC(NC(=O)c1cc([N+](=O)[O-])ccc1F)C(C)(C)C. The average Bonchev–Trinajstić information content (AvgIpc) is 2.27. The van der Waals surface area contributed by atoms with Gasteiger partial charge in [0.05, 0.1) is 10.5 Å². The van der Waals surface area contributed by atoms with E-state index in [4.69, 9.17) is 0 Å². The summed E-state index contributed by atoms with van der Waals surface area (Å²) in [5, 5.41) is 13.3. The summed E-state index contributed by atoms with van der Waals surface area (Å²) in [5.41, 5.74) is -0.812. The van der Waals surface area contributed by atoms with Crippen molar-refractivity contribution in [1.29, 1.82) is 0 Å². The zero-order valence-electron chi connectivity index (χ0n) is 11.4. The van der Waals surface area contributed by atoms with E-state index < -0.39 is 16.6 Å². The molecular weight excluding hydrogens is 251 g/mol. The molecule has 104 valence electrons. The Kier molecular flexibility index (Phi) is 4.24. The molecule has 0 aliphatic rings. The quantitative estimate of drug-likeness (QED) is 0.676. The van der Waals surface area contributed by atoms with Crippen molar-refractivity contribution in [2.24, 2.45) is 5.41 Å². The maximum Gasteiger partial charge on any atom is 0.270 e. The lowest BCUT2D eigenvalue weighted by molar-refractivity contribution is -0.384. The number of nitro groups is 1. The zero-order valence-corrected chi connectivity index (χ0v) is 11.4. The van der Waals surface area contributed by atoms with E-state index in [0.29, 0.717) is 0 Å². The zero-order chi connectivity index (χ0) is 14.8. The highest BCUT2D eigenvalue weighted by Gasteiger charge is 2.24. The first-order valence-electron chi connectivity index (χ1n) is 5.87. The Morgan fingerprint density at radius 1 is 1.42 bits per heavy atom. The molecule has 1 unspecified atom stereocenters. The first-order chi connectivity index (χ1) is 8.62. The summed E-state index contributed by atoms with van der Waals surface area (Å²) < 4.78 is 13.5. The Hall–Kier alpha value is -1.98. The predicted octanol–water partition coefficient (Wildman–Crippen LogP) is 2.90. The van der Waals surface area contributed by atoms with Crippen LogP contribution in [-0.2, 0) is 0 Å². The normalized spacial score (nSPS) is 12.9. The third-order valence-electron chi connectivity index (χ3n) is 3.05. The van der Waals surface area contributed by atoms with Crippen molar-refractivity contribution in [3.05, 3.63) is 39.7 Å². The monoisotopic (exact) mass is 268 g/mol. The lowest BCUT2D eigenvalue weighted by atomic mass is 9.88. The highest BCUT2D eigenvalue weighted by atomic mass is 19.1. The van der Waals surface area contributed by atoms with Crippen LogP contribution in [0.15, 0.2) is 18.2 Å². The Bertz CT molecular complexity index is 509. The van der Waals surface area contributed by atoms with Crippen LogP contribution in [0.25, 0.3) is 0 Å². The van der Waals surface area contributed by atoms with Gasteiger partial charge in [-0.1, -0.05) is 20.8 Å². The molecule has 0 fully saturated rings. The smallest absolute Gasteiger partial charge is 0.270 e. The number of nitro benzene ring substituents is 1. The van der Waals surface area contributed by atoms with E-state index in [1.807, 2.05) is 20.8 Å². The van der Waals surface area contributed by atoms with Crippen LogP contribution >= 0.6 is 0 Å². The molecule has 0 aliphatic carbocycles. The molecule has 1 aromatic carbocycles. The summed E-state index contributed by atoms with van der Waals surface area (Å²) in [6.07, 6.45) is 0. The van der Waals surface area contributed by atoms with Gasteiger partial charge >= 0.3 is 0 Å². The molecule has 0 radical (unpaired) electrons. The number of non-ortho nitro benzene ring substituents is 1. The van der Waals surface area contributed by atoms with Gasteiger partial charge in [-0.25, -0.2) is 4.39 Å². The Morgan fingerprint density at radius 2 is 2.00 bits per heavy atom. The molecule has 1 amide bonds. The molecule has 0 bridgehead atoms. The minimum absolute atomic E-state index is 0.188. The van der Waals surface area contributed by atoms with Crippen LogP contribution < -0.4 is 5.32 Å². The van der Waals surface area contributed by atoms with Crippen LogP contribution in [0.4, 0.5) is 10.1 Å². The summed E-state index contributed by atoms with van der Waals surface area (Å²) in [5.74, 6) is -1.42. The maximum atomic E-state index is 13.5. The minimum Gasteiger partial charge on any atom is -0.349 e. The Labute approximate surface area is 111 Å². The van der Waals surface area contributed by atoms with Crippen molar-refractivity contribution in [2.75, 3.05) is 0 Å². The van der Waals surface area contributed by atoms with E-state index in [9.17, 15) is 19.3 Å². The van der Waals surface area contributed by atoms with E-state index in [1.54, 1.807) is 6.92 Å². The van der Waals surface area contributed by atoms with E-state index in [0.717, 1.165) is 18.2 Å². The van der Waals surface area contributed by atoms with E-state index in [1.165, 1.54) is 0 Å². The topological polar surface area (TPSA) is 72.2 Å². The van der Waals surface area contributed by atoms with Gasteiger partial charge in [-0.15, -0.1) is 0 Å². The van der Waals surface area contributed by atoms with Crippen molar-refractivity contribution in [1.82, 2.24) is 5.32 Å². The lowest BCUT2D eigenvalue weighted by Crippen LogP contribution is -2.41. The van der Waals surface area contributed by atoms with E-state index >= 15 is 0 Å². The first kappa shape index (κ1) is 15.1. The van der Waals surface area contributed by atoms with Crippen LogP contribution in [-0.4, -0.2) is 16.9 Å². The molecule has 0 saturated heterocycles. The van der Waals surface area contributed by atoms with Crippen molar-refractivity contribution in [2.45, 2.75) is 33.7 Å². The van der Waals surface area contributed by atoms with Gasteiger partial charge in [0.2, 0.25) is 0 Å². The fourth-order valence-electron chi connectivity index (χ4n) is 1.29. The van der Waals surface area contributed by atoms with Crippen molar-refractivity contribution in [3.8, 4) is 0 Å². The number of nitrogens with zero attached hydrogens (tertiary/aromatic N) is 1. The molecule has 1 rings (SSSR count). The maximum absolute atomic E-state index is 13.5. The number of hydrogen-bond donors (Lipinski definition) is 1. The van der Waals surface area contributed by atoms with Gasteiger partial charge in [0.25, 0.3) is 11.6 Å². The Morgan fingerprint density at radius 3 is 2.47 bits per heavy atom. The largest absolute Gasteiger partial charge is 0.349 e. The van der Waals surface area contributed by atoms with Gasteiger partial charge in [0.15, 0.2) is 0 Å². The second-order valence-corrected chi connectivity index (χ2v) is 5.48. The molecule has 0 aromatic heterocycles. The highest BCUT2D eigenvalue weighted by Crippen LogP contribution is 2.21. The van der Waals surface area contributed by atoms with Crippen molar-refractivity contribution < 1.29 is 14.1 Å². The third-order valence-corrected chi connectivity index (χ3v) is 3.05. The fourth-order valence-corrected chi connectivity index (χ4v) is 1.29. The summed E-state index contributed by atoms with van der Waals surface area (Å²) in [7, 11) is 0. The molecule has 5 nitrogen and oxygen atoms in total. The molecular formula is C13H17FN2O3. The van der Waals surface area contributed by atoms with Crippen LogP contribution in [0.5, 0.6) is 0 Å². The standard InChI is InChI=1S/C13H17FN2O3/c1-8(13(2,3)4)15-12(17)10-7-9(16(18)19)5-6-11(10)14/h5-8H,1-4H3,(H,15,17). The number of carbonyl (C=O) groups excluding carboxylic acids is 1. The first-order valence-corrected chi connectivity index (χ1v) is 5.87. The van der Waals surface area contributed by atoms with Gasteiger partial charge in [0, 0.05) is 18.2 Å². The molecule has 19 heavy (non-hydrogen) atoms. The van der Waals surface area contributed by atoms with Crippen LogP contribution in [0, 0.1) is 21.3 Å². The molecule has 1 aromatic rings. The van der Waals surface area contributed by atoms with Crippen molar-refractivity contribution in [3.63, 3.8) is 0 Å². The molecule has 1 atom stereocenters. The Balaban J connectivity index is 3.00. The molecule has 1 N–H and O–H groups in total. The van der Waals surface area contributed by atoms with Gasteiger partial charge in [0.1, 0.15) is 5.82 Å². The van der Waals surface area contributed by atoms with Gasteiger partial charge in [-0.3, -0.25) is 14.9 Å². The number of rotatable bonds is 3. The minimum atomic E-state index is -0.774. The lowest BCUT2D eigenvalue weighted by Gasteiger charge is -2.28. The summed E-state index contributed by atoms with van der Waals surface area (Å²) in [6, 6.07) is 2.70. The van der Waals surface area contributed by atoms with Gasteiger partial charge in [-0.05, 0) is 18.4 Å². The summed E-state index contributed by atoms with van der Waals surface area (Å²) in [6.45, 7) is 7.60. The molecule has 0 heterocycles. The molecule has 6 heteroatoms. The van der Waals surface area contributed by atoms with Gasteiger partial charge in [-0.2, -0.15) is 0 Å². The second kappa shape index (κ2) is 5.34. The molecule has 0 spiro atoms. The van der Waals surface area contributed by atoms with Crippen LogP contribution in [0.2, 0.25) is 0 Å². The van der Waals surface area contributed by atoms with Gasteiger partial charge < -0.3 is 5.32 Å². The number of amides is 1. The predicted molar refractivity (Wildman–Crippen MR) is 69.4 cm³/mol. The molecule has 0 aliphatic heterocycles. The van der Waals surface area contributed by atoms with Crippen molar-refractivity contribution >= 4 is 11.6 Å². The number of hydrogen-bond acceptors (Lipinski definition) is 3. The number of nitrogens with one attached hydrogen (secondary N) is 1. The van der Waals surface area contributed by atoms with Crippen LogP contribution in [0.1, 0.15) is 38.1 Å². The van der Waals surface area contributed by atoms with Crippen LogP contribution in [0.3, 0.4) is 0 Å². The molecule has 0 saturated carbocycles. The van der Waals surface area contributed by atoms with E-state index in [-0.39, 0.29) is 22.7 Å². The third kappa shape index (κ3) is 3.74. The number of carbonyl (C=O) groups is 1. The second-order valence-electron chi connectivity index (χ2n) is 5.48. The number of benzene rings is 1. The average molecular weight is 268 g/mol. The summed E-state index contributed by atoms with van der Waals surface area (Å²) >= 11 is 0. The van der Waals surface area contributed by atoms with E-state index in [2.05, 4.69) is 5.32 Å².